The van der Waals surface area contributed by atoms with E-state index in [4.69, 9.17) is 17.0 Å². The van der Waals surface area contributed by atoms with Gasteiger partial charge in [-0.25, -0.2) is 9.18 Å². The van der Waals surface area contributed by atoms with E-state index in [1.54, 1.807) is 25.1 Å². The maximum atomic E-state index is 13.0. The Hall–Kier alpha value is -3.04. The predicted molar refractivity (Wildman–Crippen MR) is 126 cm³/mol. The summed E-state index contributed by atoms with van der Waals surface area (Å²) in [6, 6.07) is 12.8. The summed E-state index contributed by atoms with van der Waals surface area (Å²) in [5, 5.41) is 6.48. The zero-order valence-electron chi connectivity index (χ0n) is 18.0. The molecule has 3 rings (SSSR count). The van der Waals surface area contributed by atoms with E-state index in [-0.39, 0.29) is 18.3 Å². The van der Waals surface area contributed by atoms with Crippen molar-refractivity contribution in [2.75, 3.05) is 50.0 Å². The van der Waals surface area contributed by atoms with E-state index in [0.717, 1.165) is 19.5 Å². The monoisotopic (exact) mass is 458 g/mol. The van der Waals surface area contributed by atoms with Gasteiger partial charge >= 0.3 is 5.97 Å². The first-order valence-electron chi connectivity index (χ1n) is 10.6. The van der Waals surface area contributed by atoms with Crippen molar-refractivity contribution in [3.63, 3.8) is 0 Å². The Morgan fingerprint density at radius 3 is 2.53 bits per heavy atom. The molecule has 1 amide bonds. The molecule has 0 radical (unpaired) electrons. The van der Waals surface area contributed by atoms with Crippen LogP contribution in [0.1, 0.15) is 23.7 Å². The van der Waals surface area contributed by atoms with Crippen molar-refractivity contribution in [2.45, 2.75) is 13.3 Å². The molecule has 1 saturated heterocycles. The number of carbonyl (C=O) groups excluding carboxylic acids is 2. The van der Waals surface area contributed by atoms with Gasteiger partial charge < -0.3 is 20.3 Å². The van der Waals surface area contributed by atoms with Crippen LogP contribution >= 0.6 is 12.2 Å². The molecule has 1 aliphatic rings. The van der Waals surface area contributed by atoms with Gasteiger partial charge in [-0.3, -0.25) is 9.69 Å². The van der Waals surface area contributed by atoms with Gasteiger partial charge in [0.15, 0.2) is 5.11 Å². The number of carbonyl (C=O) groups is 2. The average molecular weight is 459 g/mol. The van der Waals surface area contributed by atoms with Crippen molar-refractivity contribution in [1.82, 2.24) is 9.80 Å². The van der Waals surface area contributed by atoms with E-state index >= 15 is 0 Å². The number of anilines is 2. The number of nitrogens with zero attached hydrogens (tertiary/aromatic N) is 2. The molecule has 1 heterocycles. The first-order chi connectivity index (χ1) is 15.5. The minimum Gasteiger partial charge on any atom is -0.462 e. The average Bonchev–Trinajstić information content (AvgIpc) is 3.01. The molecule has 1 aliphatic heterocycles. The second-order valence-electron chi connectivity index (χ2n) is 7.37. The summed E-state index contributed by atoms with van der Waals surface area (Å²) in [5.74, 6) is -0.883. The lowest BCUT2D eigenvalue weighted by atomic mass is 10.2. The van der Waals surface area contributed by atoms with Gasteiger partial charge in [-0.2, -0.15) is 0 Å². The molecule has 0 saturated carbocycles. The first kappa shape index (κ1) is 23.6. The van der Waals surface area contributed by atoms with Crippen molar-refractivity contribution in [1.29, 1.82) is 0 Å². The maximum absolute atomic E-state index is 13.0. The predicted octanol–water partition coefficient (Wildman–Crippen LogP) is 3.35. The van der Waals surface area contributed by atoms with Crippen LogP contribution < -0.4 is 10.6 Å². The fourth-order valence-electron chi connectivity index (χ4n) is 3.44. The van der Waals surface area contributed by atoms with Gasteiger partial charge in [-0.05, 0) is 62.0 Å². The second-order valence-corrected chi connectivity index (χ2v) is 7.75. The summed E-state index contributed by atoms with van der Waals surface area (Å²) < 4.78 is 18.1. The number of amides is 1. The molecular formula is C23H27FN4O3S. The van der Waals surface area contributed by atoms with Crippen molar-refractivity contribution >= 4 is 40.6 Å². The van der Waals surface area contributed by atoms with Gasteiger partial charge in [-0.1, -0.05) is 12.1 Å². The van der Waals surface area contributed by atoms with Crippen LogP contribution in [0.4, 0.5) is 15.8 Å². The van der Waals surface area contributed by atoms with E-state index in [2.05, 4.69) is 15.5 Å². The van der Waals surface area contributed by atoms with Gasteiger partial charge in [0, 0.05) is 31.9 Å². The SMILES string of the molecule is CCOC(=O)c1ccccc1NC(=S)N1CCCN(CC(=O)Nc2ccc(F)cc2)CC1. The van der Waals surface area contributed by atoms with E-state index < -0.39 is 5.97 Å². The summed E-state index contributed by atoms with van der Waals surface area (Å²) in [4.78, 5) is 28.6. The number of esters is 1. The van der Waals surface area contributed by atoms with Crippen LogP contribution in [0.15, 0.2) is 48.5 Å². The van der Waals surface area contributed by atoms with E-state index in [9.17, 15) is 14.0 Å². The number of hydrogen-bond donors (Lipinski definition) is 2. The quantitative estimate of drug-likeness (QED) is 0.508. The smallest absolute Gasteiger partial charge is 0.340 e. The van der Waals surface area contributed by atoms with Crippen LogP contribution in [0.5, 0.6) is 0 Å². The molecule has 0 aliphatic carbocycles. The standard InChI is InChI=1S/C23H27FN4O3S/c1-2-31-22(30)19-6-3-4-7-20(19)26-23(32)28-13-5-12-27(14-15-28)16-21(29)25-18-10-8-17(24)9-11-18/h3-4,6-11H,2,5,12-16H2,1H3,(H,25,29)(H,26,32). The number of rotatable bonds is 6. The molecule has 0 atom stereocenters. The highest BCUT2D eigenvalue weighted by atomic mass is 32.1. The van der Waals surface area contributed by atoms with Crippen LogP contribution in [0.25, 0.3) is 0 Å². The third-order valence-electron chi connectivity index (χ3n) is 5.03. The molecule has 0 unspecified atom stereocenters. The third-order valence-corrected chi connectivity index (χ3v) is 5.40. The van der Waals surface area contributed by atoms with Crippen LogP contribution in [-0.4, -0.2) is 66.1 Å². The highest BCUT2D eigenvalue weighted by molar-refractivity contribution is 7.80. The lowest BCUT2D eigenvalue weighted by Crippen LogP contribution is -2.39. The van der Waals surface area contributed by atoms with Crippen molar-refractivity contribution in [2.24, 2.45) is 0 Å². The summed E-state index contributed by atoms with van der Waals surface area (Å²) in [7, 11) is 0. The Labute approximate surface area is 192 Å². The minimum absolute atomic E-state index is 0.144. The normalized spacial score (nSPS) is 14.4. The number of thiocarbonyl (C=S) groups is 1. The Morgan fingerprint density at radius 1 is 1.03 bits per heavy atom. The van der Waals surface area contributed by atoms with Crippen LogP contribution in [0.2, 0.25) is 0 Å². The summed E-state index contributed by atoms with van der Waals surface area (Å²) >= 11 is 5.58. The number of ether oxygens (including phenoxy) is 1. The molecular weight excluding hydrogens is 431 g/mol. The number of para-hydroxylation sites is 1. The van der Waals surface area contributed by atoms with Crippen LogP contribution in [0.3, 0.4) is 0 Å². The second kappa shape index (κ2) is 11.5. The Bertz CT molecular complexity index is 955. The Morgan fingerprint density at radius 2 is 1.78 bits per heavy atom. The minimum atomic E-state index is -0.396. The topological polar surface area (TPSA) is 73.9 Å². The molecule has 2 aromatic rings. The Balaban J connectivity index is 1.52. The van der Waals surface area contributed by atoms with Crippen LogP contribution in [-0.2, 0) is 9.53 Å². The first-order valence-corrected chi connectivity index (χ1v) is 11.0. The fourth-order valence-corrected chi connectivity index (χ4v) is 3.73. The van der Waals surface area contributed by atoms with Gasteiger partial charge in [0.2, 0.25) is 5.91 Å². The zero-order valence-corrected chi connectivity index (χ0v) is 18.8. The van der Waals surface area contributed by atoms with E-state index in [1.807, 2.05) is 11.0 Å². The van der Waals surface area contributed by atoms with Gasteiger partial charge in [0.25, 0.3) is 0 Å². The fraction of sp³-hybridized carbons (Fsp3) is 0.348. The highest BCUT2D eigenvalue weighted by Gasteiger charge is 2.20. The van der Waals surface area contributed by atoms with Gasteiger partial charge in [-0.15, -0.1) is 0 Å². The Kier molecular flexibility index (Phi) is 8.52. The largest absolute Gasteiger partial charge is 0.462 e. The van der Waals surface area contributed by atoms with Gasteiger partial charge in [0.05, 0.1) is 24.4 Å². The molecule has 170 valence electrons. The lowest BCUT2D eigenvalue weighted by Gasteiger charge is -2.25. The molecule has 9 heteroatoms. The van der Waals surface area contributed by atoms with E-state index in [0.29, 0.717) is 41.7 Å². The lowest BCUT2D eigenvalue weighted by molar-refractivity contribution is -0.117. The summed E-state index contributed by atoms with van der Waals surface area (Å²) in [5.41, 5.74) is 1.61. The molecule has 0 spiro atoms. The van der Waals surface area contributed by atoms with Crippen molar-refractivity contribution in [3.05, 3.63) is 59.9 Å². The summed E-state index contributed by atoms with van der Waals surface area (Å²) in [6.45, 7) is 5.13. The number of hydrogen-bond acceptors (Lipinski definition) is 5. The van der Waals surface area contributed by atoms with E-state index in [1.165, 1.54) is 24.3 Å². The zero-order chi connectivity index (χ0) is 22.9. The summed E-state index contributed by atoms with van der Waals surface area (Å²) in [6.07, 6.45) is 0.838. The number of benzene rings is 2. The molecule has 2 N–H and O–H groups in total. The molecule has 32 heavy (non-hydrogen) atoms. The number of nitrogens with one attached hydrogen (secondary N) is 2. The van der Waals surface area contributed by atoms with Crippen molar-refractivity contribution in [3.8, 4) is 0 Å². The molecule has 0 bridgehead atoms. The maximum Gasteiger partial charge on any atom is 0.340 e. The van der Waals surface area contributed by atoms with Gasteiger partial charge in [0.1, 0.15) is 5.82 Å². The van der Waals surface area contributed by atoms with Crippen LogP contribution in [0, 0.1) is 5.82 Å². The molecule has 1 fully saturated rings. The molecule has 2 aromatic carbocycles. The highest BCUT2D eigenvalue weighted by Crippen LogP contribution is 2.18. The van der Waals surface area contributed by atoms with Crippen molar-refractivity contribution < 1.29 is 18.7 Å². The molecule has 7 nitrogen and oxygen atoms in total. The molecule has 0 aromatic heterocycles. The third kappa shape index (κ3) is 6.73. The number of halogens is 1.